The van der Waals surface area contributed by atoms with Crippen molar-refractivity contribution < 1.29 is 0 Å². The normalized spacial score (nSPS) is 24.0. The Morgan fingerprint density at radius 3 is 2.56 bits per heavy atom. The van der Waals surface area contributed by atoms with E-state index in [0.29, 0.717) is 17.6 Å². The van der Waals surface area contributed by atoms with Crippen LogP contribution in [-0.4, -0.2) is 48.1 Å². The number of hydrogen-bond donors (Lipinski definition) is 1. The minimum absolute atomic E-state index is 0.262. The van der Waals surface area contributed by atoms with Crippen LogP contribution in [-0.2, 0) is 0 Å². The molecule has 6 heteroatoms. The molecule has 2 unspecified atom stereocenters. The van der Waals surface area contributed by atoms with Crippen LogP contribution in [0.4, 0.5) is 11.5 Å². The number of halogens is 1. The smallest absolute Gasteiger partial charge is 0.224 e. The van der Waals surface area contributed by atoms with E-state index < -0.39 is 0 Å². The SMILES string of the molecule is Cc1nc(Cl)nc(N2CC(C)C(N(C)C)C2)c1N. The fourth-order valence-corrected chi connectivity index (χ4v) is 2.78. The molecular weight excluding hydrogens is 250 g/mol. The van der Waals surface area contributed by atoms with E-state index in [-0.39, 0.29) is 5.28 Å². The van der Waals surface area contributed by atoms with Gasteiger partial charge in [-0.3, -0.25) is 0 Å². The van der Waals surface area contributed by atoms with E-state index in [1.165, 1.54) is 0 Å². The van der Waals surface area contributed by atoms with Gasteiger partial charge in [0.05, 0.1) is 11.4 Å². The van der Waals surface area contributed by atoms with Crippen molar-refractivity contribution >= 4 is 23.1 Å². The highest BCUT2D eigenvalue weighted by Gasteiger charge is 2.33. The van der Waals surface area contributed by atoms with Gasteiger partial charge in [0, 0.05) is 19.1 Å². The van der Waals surface area contributed by atoms with Gasteiger partial charge in [-0.05, 0) is 38.5 Å². The number of rotatable bonds is 2. The fraction of sp³-hybridized carbons (Fsp3) is 0.667. The monoisotopic (exact) mass is 269 g/mol. The Hall–Kier alpha value is -1.07. The van der Waals surface area contributed by atoms with E-state index in [1.807, 2.05) is 6.92 Å². The second-order valence-electron chi connectivity index (χ2n) is 5.23. The summed E-state index contributed by atoms with van der Waals surface area (Å²) in [5.41, 5.74) is 7.43. The molecule has 0 aromatic carbocycles. The maximum absolute atomic E-state index is 6.06. The molecule has 0 bridgehead atoms. The van der Waals surface area contributed by atoms with Gasteiger partial charge in [0.1, 0.15) is 0 Å². The van der Waals surface area contributed by atoms with Crippen LogP contribution < -0.4 is 10.6 Å². The highest BCUT2D eigenvalue weighted by molar-refractivity contribution is 6.28. The molecular formula is C12H20ClN5. The molecule has 1 aliphatic rings. The highest BCUT2D eigenvalue weighted by atomic mass is 35.5. The van der Waals surface area contributed by atoms with E-state index in [9.17, 15) is 0 Å². The van der Waals surface area contributed by atoms with Crippen LogP contribution in [0.1, 0.15) is 12.6 Å². The third-order valence-corrected chi connectivity index (χ3v) is 3.79. The molecule has 2 heterocycles. The second-order valence-corrected chi connectivity index (χ2v) is 5.57. The fourth-order valence-electron chi connectivity index (χ4n) is 2.57. The van der Waals surface area contributed by atoms with E-state index in [2.05, 4.69) is 40.8 Å². The zero-order valence-corrected chi connectivity index (χ0v) is 12.1. The minimum Gasteiger partial charge on any atom is -0.394 e. The molecule has 0 saturated carbocycles. The molecule has 1 saturated heterocycles. The Morgan fingerprint density at radius 1 is 1.33 bits per heavy atom. The van der Waals surface area contributed by atoms with Crippen LogP contribution in [0.5, 0.6) is 0 Å². The third kappa shape index (κ3) is 2.37. The minimum atomic E-state index is 0.262. The predicted octanol–water partition coefficient (Wildman–Crippen LogP) is 1.41. The molecule has 2 rings (SSSR count). The molecule has 0 radical (unpaired) electrons. The van der Waals surface area contributed by atoms with Gasteiger partial charge in [0.2, 0.25) is 5.28 Å². The first-order valence-corrected chi connectivity index (χ1v) is 6.49. The molecule has 2 N–H and O–H groups in total. The number of aromatic nitrogens is 2. The molecule has 1 aliphatic heterocycles. The predicted molar refractivity (Wildman–Crippen MR) is 75.0 cm³/mol. The Kier molecular flexibility index (Phi) is 3.64. The first-order chi connectivity index (χ1) is 8.40. The van der Waals surface area contributed by atoms with Gasteiger partial charge in [-0.1, -0.05) is 6.92 Å². The van der Waals surface area contributed by atoms with Gasteiger partial charge in [-0.2, -0.15) is 4.98 Å². The van der Waals surface area contributed by atoms with Crippen LogP contribution in [0.15, 0.2) is 0 Å². The maximum atomic E-state index is 6.06. The van der Waals surface area contributed by atoms with Crippen molar-refractivity contribution in [3.05, 3.63) is 11.0 Å². The molecule has 0 amide bonds. The third-order valence-electron chi connectivity index (χ3n) is 3.62. The van der Waals surface area contributed by atoms with Crippen LogP contribution in [0.2, 0.25) is 5.28 Å². The Morgan fingerprint density at radius 2 is 2.00 bits per heavy atom. The summed E-state index contributed by atoms with van der Waals surface area (Å²) in [4.78, 5) is 12.8. The van der Waals surface area contributed by atoms with Crippen molar-refractivity contribution in [1.29, 1.82) is 0 Å². The Balaban J connectivity index is 2.29. The summed E-state index contributed by atoms with van der Waals surface area (Å²) in [6, 6.07) is 0.512. The number of anilines is 2. The quantitative estimate of drug-likeness (QED) is 0.823. The summed E-state index contributed by atoms with van der Waals surface area (Å²) in [7, 11) is 4.21. The van der Waals surface area contributed by atoms with Crippen molar-refractivity contribution in [2.45, 2.75) is 19.9 Å². The number of hydrogen-bond acceptors (Lipinski definition) is 5. The highest BCUT2D eigenvalue weighted by Crippen LogP contribution is 2.30. The summed E-state index contributed by atoms with van der Waals surface area (Å²) in [6.07, 6.45) is 0. The Labute approximate surface area is 113 Å². The lowest BCUT2D eigenvalue weighted by atomic mass is 10.1. The number of aryl methyl sites for hydroxylation is 1. The van der Waals surface area contributed by atoms with E-state index in [4.69, 9.17) is 17.3 Å². The van der Waals surface area contributed by atoms with E-state index in [1.54, 1.807) is 0 Å². The van der Waals surface area contributed by atoms with Crippen LogP contribution in [0.25, 0.3) is 0 Å². The largest absolute Gasteiger partial charge is 0.394 e. The average molecular weight is 270 g/mol. The lowest BCUT2D eigenvalue weighted by Crippen LogP contribution is -2.34. The van der Waals surface area contributed by atoms with Crippen molar-refractivity contribution in [3.63, 3.8) is 0 Å². The van der Waals surface area contributed by atoms with Crippen LogP contribution in [0.3, 0.4) is 0 Å². The van der Waals surface area contributed by atoms with Crippen molar-refractivity contribution in [2.75, 3.05) is 37.8 Å². The zero-order chi connectivity index (χ0) is 13.4. The molecule has 1 aromatic heterocycles. The van der Waals surface area contributed by atoms with Crippen molar-refractivity contribution in [3.8, 4) is 0 Å². The maximum Gasteiger partial charge on any atom is 0.224 e. The van der Waals surface area contributed by atoms with Gasteiger partial charge in [-0.15, -0.1) is 0 Å². The summed E-state index contributed by atoms with van der Waals surface area (Å²) >= 11 is 5.92. The lowest BCUT2D eigenvalue weighted by molar-refractivity contribution is 0.266. The van der Waals surface area contributed by atoms with E-state index in [0.717, 1.165) is 24.6 Å². The molecule has 0 aliphatic carbocycles. The second kappa shape index (κ2) is 4.90. The van der Waals surface area contributed by atoms with Gasteiger partial charge < -0.3 is 15.5 Å². The van der Waals surface area contributed by atoms with Crippen molar-refractivity contribution in [1.82, 2.24) is 14.9 Å². The van der Waals surface area contributed by atoms with E-state index >= 15 is 0 Å². The first kappa shape index (κ1) is 13.4. The summed E-state index contributed by atoms with van der Waals surface area (Å²) < 4.78 is 0. The molecule has 100 valence electrons. The zero-order valence-electron chi connectivity index (χ0n) is 11.3. The number of nitrogen functional groups attached to an aromatic ring is 1. The van der Waals surface area contributed by atoms with Gasteiger partial charge in [0.25, 0.3) is 0 Å². The lowest BCUT2D eigenvalue weighted by Gasteiger charge is -2.23. The Bertz CT molecular complexity index is 448. The topological polar surface area (TPSA) is 58.3 Å². The average Bonchev–Trinajstić information content (AvgIpc) is 2.65. The van der Waals surface area contributed by atoms with Gasteiger partial charge >= 0.3 is 0 Å². The summed E-state index contributed by atoms with van der Waals surface area (Å²) in [6.45, 7) is 5.97. The van der Waals surface area contributed by atoms with Crippen molar-refractivity contribution in [2.24, 2.45) is 5.92 Å². The molecule has 5 nitrogen and oxygen atoms in total. The molecule has 2 atom stereocenters. The number of nitrogens with zero attached hydrogens (tertiary/aromatic N) is 4. The molecule has 0 spiro atoms. The van der Waals surface area contributed by atoms with Gasteiger partial charge in [-0.25, -0.2) is 4.98 Å². The number of likely N-dealkylation sites (N-methyl/N-ethyl adjacent to an activating group) is 1. The standard InChI is InChI=1S/C12H20ClN5/c1-7-5-18(6-9(7)17(3)4)11-10(14)8(2)15-12(13)16-11/h7,9H,5-6,14H2,1-4H3. The van der Waals surface area contributed by atoms with Gasteiger partial charge in [0.15, 0.2) is 5.82 Å². The van der Waals surface area contributed by atoms with Crippen LogP contribution in [0, 0.1) is 12.8 Å². The number of nitrogens with two attached hydrogens (primary N) is 1. The summed E-state index contributed by atoms with van der Waals surface area (Å²) in [5.74, 6) is 1.34. The summed E-state index contributed by atoms with van der Waals surface area (Å²) in [5, 5.41) is 0.262. The first-order valence-electron chi connectivity index (χ1n) is 6.11. The molecule has 18 heavy (non-hydrogen) atoms. The molecule has 1 aromatic rings. The molecule has 1 fully saturated rings. The van der Waals surface area contributed by atoms with Crippen LogP contribution >= 0.6 is 11.6 Å².